The maximum atomic E-state index is 4.52. The Labute approximate surface area is 121 Å². The van der Waals surface area contributed by atoms with Gasteiger partial charge >= 0.3 is 0 Å². The zero-order chi connectivity index (χ0) is 15.0. The van der Waals surface area contributed by atoms with Crippen molar-refractivity contribution in [3.8, 4) is 11.4 Å². The van der Waals surface area contributed by atoms with Crippen molar-refractivity contribution in [1.82, 2.24) is 15.0 Å². The standard InChI is InChI=1S/C17H23N3/c1-16(2,3)13-10-19-15(20-11-13)12-7-8-14(18-9-12)17(4,5)6/h7-11H,1-6H3. The van der Waals surface area contributed by atoms with Crippen LogP contribution in [0, 0.1) is 0 Å². The fourth-order valence-electron chi connectivity index (χ4n) is 1.83. The zero-order valence-corrected chi connectivity index (χ0v) is 13.2. The Hall–Kier alpha value is -1.77. The van der Waals surface area contributed by atoms with E-state index >= 15 is 0 Å². The Balaban J connectivity index is 2.29. The summed E-state index contributed by atoms with van der Waals surface area (Å²) in [6, 6.07) is 4.09. The molecule has 0 saturated carbocycles. The molecule has 0 fully saturated rings. The molecular formula is C17H23N3. The molecule has 0 radical (unpaired) electrons. The van der Waals surface area contributed by atoms with Crippen LogP contribution in [0.1, 0.15) is 52.8 Å². The molecule has 2 aromatic heterocycles. The summed E-state index contributed by atoms with van der Waals surface area (Å²) in [6.07, 6.45) is 5.66. The van der Waals surface area contributed by atoms with E-state index in [-0.39, 0.29) is 10.8 Å². The van der Waals surface area contributed by atoms with Gasteiger partial charge < -0.3 is 0 Å². The second-order valence-electron chi connectivity index (χ2n) is 7.23. The molecular weight excluding hydrogens is 246 g/mol. The Morgan fingerprint density at radius 1 is 0.700 bits per heavy atom. The molecule has 0 atom stereocenters. The maximum Gasteiger partial charge on any atom is 0.160 e. The summed E-state index contributed by atoms with van der Waals surface area (Å²) in [5, 5.41) is 0. The molecule has 0 aliphatic carbocycles. The lowest BCUT2D eigenvalue weighted by Crippen LogP contribution is -2.13. The quantitative estimate of drug-likeness (QED) is 0.781. The van der Waals surface area contributed by atoms with Crippen LogP contribution >= 0.6 is 0 Å². The monoisotopic (exact) mass is 269 g/mol. The van der Waals surface area contributed by atoms with Gasteiger partial charge in [-0.15, -0.1) is 0 Å². The van der Waals surface area contributed by atoms with Gasteiger partial charge in [-0.2, -0.15) is 0 Å². The molecule has 2 rings (SSSR count). The number of nitrogens with zero attached hydrogens (tertiary/aromatic N) is 3. The Morgan fingerprint density at radius 2 is 1.30 bits per heavy atom. The molecule has 0 aliphatic rings. The van der Waals surface area contributed by atoms with Crippen molar-refractivity contribution in [2.24, 2.45) is 0 Å². The van der Waals surface area contributed by atoms with Gasteiger partial charge in [0.15, 0.2) is 5.82 Å². The Morgan fingerprint density at radius 3 is 1.70 bits per heavy atom. The van der Waals surface area contributed by atoms with Crippen molar-refractivity contribution in [1.29, 1.82) is 0 Å². The van der Waals surface area contributed by atoms with Crippen LogP contribution in [-0.2, 0) is 10.8 Å². The average Bonchev–Trinajstić information content (AvgIpc) is 2.37. The van der Waals surface area contributed by atoms with Gasteiger partial charge in [0.1, 0.15) is 0 Å². The first kappa shape index (κ1) is 14.6. The van der Waals surface area contributed by atoms with E-state index in [9.17, 15) is 0 Å². The molecule has 0 aromatic carbocycles. The number of hydrogen-bond acceptors (Lipinski definition) is 3. The van der Waals surface area contributed by atoms with E-state index in [1.165, 1.54) is 0 Å². The Bertz CT molecular complexity index is 514. The highest BCUT2D eigenvalue weighted by Crippen LogP contribution is 2.24. The third-order valence-corrected chi connectivity index (χ3v) is 3.31. The van der Waals surface area contributed by atoms with Crippen LogP contribution in [0.3, 0.4) is 0 Å². The van der Waals surface area contributed by atoms with Crippen LogP contribution in [0.5, 0.6) is 0 Å². The van der Waals surface area contributed by atoms with Crippen LogP contribution < -0.4 is 0 Å². The van der Waals surface area contributed by atoms with Crippen molar-refractivity contribution in [2.75, 3.05) is 0 Å². The summed E-state index contributed by atoms with van der Waals surface area (Å²) in [5.41, 5.74) is 3.31. The van der Waals surface area contributed by atoms with Gasteiger partial charge in [-0.3, -0.25) is 4.98 Å². The molecule has 3 heteroatoms. The summed E-state index contributed by atoms with van der Waals surface area (Å²) < 4.78 is 0. The van der Waals surface area contributed by atoms with Crippen LogP contribution in [0.25, 0.3) is 11.4 Å². The van der Waals surface area contributed by atoms with Gasteiger partial charge in [0.25, 0.3) is 0 Å². The fourth-order valence-corrected chi connectivity index (χ4v) is 1.83. The first-order chi connectivity index (χ1) is 9.18. The zero-order valence-electron chi connectivity index (χ0n) is 13.2. The van der Waals surface area contributed by atoms with Crippen molar-refractivity contribution < 1.29 is 0 Å². The SMILES string of the molecule is CC(C)(C)c1cnc(-c2ccc(C(C)(C)C)nc2)nc1. The molecule has 0 spiro atoms. The molecule has 2 aromatic rings. The van der Waals surface area contributed by atoms with Crippen LogP contribution in [0.15, 0.2) is 30.7 Å². The third kappa shape index (κ3) is 3.21. The minimum atomic E-state index is 0.0650. The van der Waals surface area contributed by atoms with Crippen molar-refractivity contribution in [3.63, 3.8) is 0 Å². The number of pyridine rings is 1. The van der Waals surface area contributed by atoms with Crippen LogP contribution in [-0.4, -0.2) is 15.0 Å². The van der Waals surface area contributed by atoms with E-state index in [2.05, 4.69) is 62.6 Å². The lowest BCUT2D eigenvalue weighted by atomic mass is 9.89. The third-order valence-electron chi connectivity index (χ3n) is 3.31. The topological polar surface area (TPSA) is 38.7 Å². The molecule has 106 valence electrons. The highest BCUT2D eigenvalue weighted by molar-refractivity contribution is 5.53. The molecule has 0 N–H and O–H groups in total. The normalized spacial score (nSPS) is 12.5. The van der Waals surface area contributed by atoms with E-state index in [4.69, 9.17) is 0 Å². The molecule has 0 aliphatic heterocycles. The smallest absolute Gasteiger partial charge is 0.160 e. The largest absolute Gasteiger partial charge is 0.260 e. The Kier molecular flexibility index (Phi) is 3.63. The first-order valence-corrected chi connectivity index (χ1v) is 6.97. The van der Waals surface area contributed by atoms with Gasteiger partial charge in [0.2, 0.25) is 0 Å². The summed E-state index contributed by atoms with van der Waals surface area (Å²) in [6.45, 7) is 12.9. The maximum absolute atomic E-state index is 4.52. The van der Waals surface area contributed by atoms with Crippen molar-refractivity contribution in [2.45, 2.75) is 52.4 Å². The lowest BCUT2D eigenvalue weighted by molar-refractivity contribution is 0.569. The van der Waals surface area contributed by atoms with Crippen LogP contribution in [0.4, 0.5) is 0 Å². The van der Waals surface area contributed by atoms with Crippen LogP contribution in [0.2, 0.25) is 0 Å². The van der Waals surface area contributed by atoms with E-state index in [1.807, 2.05) is 24.7 Å². The molecule has 0 saturated heterocycles. The van der Waals surface area contributed by atoms with Gasteiger partial charge in [-0.05, 0) is 23.1 Å². The highest BCUT2D eigenvalue weighted by atomic mass is 14.9. The summed E-state index contributed by atoms with van der Waals surface area (Å²) >= 11 is 0. The fraction of sp³-hybridized carbons (Fsp3) is 0.471. The molecule has 0 unspecified atom stereocenters. The highest BCUT2D eigenvalue weighted by Gasteiger charge is 2.16. The molecule has 2 heterocycles. The van der Waals surface area contributed by atoms with E-state index in [0.29, 0.717) is 0 Å². The summed E-state index contributed by atoms with van der Waals surface area (Å²) in [4.78, 5) is 13.4. The molecule has 0 amide bonds. The molecule has 3 nitrogen and oxygen atoms in total. The molecule has 20 heavy (non-hydrogen) atoms. The van der Waals surface area contributed by atoms with Crippen molar-refractivity contribution in [3.05, 3.63) is 42.0 Å². The average molecular weight is 269 g/mol. The predicted molar refractivity (Wildman–Crippen MR) is 82.7 cm³/mol. The van der Waals surface area contributed by atoms with E-state index < -0.39 is 0 Å². The van der Waals surface area contributed by atoms with Crippen molar-refractivity contribution >= 4 is 0 Å². The first-order valence-electron chi connectivity index (χ1n) is 6.97. The van der Waals surface area contributed by atoms with E-state index in [1.54, 1.807) is 0 Å². The van der Waals surface area contributed by atoms with Gasteiger partial charge in [0, 0.05) is 35.3 Å². The van der Waals surface area contributed by atoms with Gasteiger partial charge in [-0.1, -0.05) is 41.5 Å². The van der Waals surface area contributed by atoms with Gasteiger partial charge in [-0.25, -0.2) is 9.97 Å². The number of rotatable bonds is 1. The molecule has 0 bridgehead atoms. The van der Waals surface area contributed by atoms with Gasteiger partial charge in [0.05, 0.1) is 0 Å². The minimum absolute atomic E-state index is 0.0650. The van der Waals surface area contributed by atoms with E-state index in [0.717, 1.165) is 22.6 Å². The number of aromatic nitrogens is 3. The summed E-state index contributed by atoms with van der Waals surface area (Å²) in [7, 11) is 0. The second-order valence-corrected chi connectivity index (χ2v) is 7.23. The number of hydrogen-bond donors (Lipinski definition) is 0. The summed E-state index contributed by atoms with van der Waals surface area (Å²) in [5.74, 6) is 0.728. The predicted octanol–water partition coefficient (Wildman–Crippen LogP) is 4.13. The second kappa shape index (κ2) is 4.97. The minimum Gasteiger partial charge on any atom is -0.260 e. The lowest BCUT2D eigenvalue weighted by Gasteiger charge is -2.18.